The number of nitrogens with one attached hydrogen (secondary N) is 1. The molecule has 0 saturated carbocycles. The minimum atomic E-state index is -0.221. The smallest absolute Gasteiger partial charge is 0.257 e. The molecular weight excluding hydrogens is 346 g/mol. The molecule has 5 nitrogen and oxygen atoms in total. The van der Waals surface area contributed by atoms with Crippen molar-refractivity contribution in [2.45, 2.75) is 17.6 Å². The van der Waals surface area contributed by atoms with Gasteiger partial charge in [-0.15, -0.1) is 11.8 Å². The summed E-state index contributed by atoms with van der Waals surface area (Å²) in [6.45, 7) is 1.87. The minimum Gasteiger partial charge on any atom is -0.360 e. The number of pyridine rings is 1. The van der Waals surface area contributed by atoms with E-state index in [-0.39, 0.29) is 5.91 Å². The Balaban J connectivity index is 1.72. The van der Waals surface area contributed by atoms with Crippen molar-refractivity contribution in [1.29, 1.82) is 0 Å². The highest BCUT2D eigenvalue weighted by Gasteiger charge is 2.13. The number of carbonyl (C=O) groups excluding carboxylic acids is 1. The third kappa shape index (κ3) is 4.15. The number of nitrogens with zero attached hydrogens (tertiary/aromatic N) is 2. The molecule has 0 radical (unpaired) electrons. The summed E-state index contributed by atoms with van der Waals surface area (Å²) in [5.74, 6) is 1.61. The van der Waals surface area contributed by atoms with Gasteiger partial charge >= 0.3 is 0 Å². The van der Waals surface area contributed by atoms with Gasteiger partial charge in [-0.2, -0.15) is 0 Å². The fourth-order valence-corrected chi connectivity index (χ4v) is 3.08. The van der Waals surface area contributed by atoms with Crippen LogP contribution in [0.4, 0.5) is 5.82 Å². The number of carbonyl (C=O) groups is 1. The summed E-state index contributed by atoms with van der Waals surface area (Å²) in [4.78, 5) is 17.4. The van der Waals surface area contributed by atoms with Gasteiger partial charge in [-0.05, 0) is 31.2 Å². The molecule has 0 fully saturated rings. The minimum absolute atomic E-state index is 0.221. The van der Waals surface area contributed by atoms with E-state index in [1.165, 1.54) is 18.0 Å². The van der Waals surface area contributed by atoms with Crippen LogP contribution in [0.25, 0.3) is 0 Å². The molecule has 2 aromatic heterocycles. The standard InChI is InChI=1S/C17H14ClN3O2S/c1-11-8-13(23-21-11)10-24-15-5-3-2-4-14(15)17(22)20-16-7-6-12(18)9-19-16/h2-9H,10H2,1H3,(H,19,20,22). The maximum atomic E-state index is 12.5. The van der Waals surface area contributed by atoms with E-state index in [1.807, 2.05) is 31.2 Å². The van der Waals surface area contributed by atoms with E-state index in [9.17, 15) is 4.79 Å². The van der Waals surface area contributed by atoms with Crippen LogP contribution < -0.4 is 5.32 Å². The topological polar surface area (TPSA) is 68.0 Å². The average Bonchev–Trinajstić information content (AvgIpc) is 3.01. The summed E-state index contributed by atoms with van der Waals surface area (Å²) < 4.78 is 5.20. The number of benzene rings is 1. The molecule has 1 amide bonds. The number of aryl methyl sites for hydroxylation is 1. The summed E-state index contributed by atoms with van der Waals surface area (Å²) >= 11 is 7.32. The molecule has 24 heavy (non-hydrogen) atoms. The van der Waals surface area contributed by atoms with Crippen LogP contribution in [0.3, 0.4) is 0 Å². The van der Waals surface area contributed by atoms with Crippen molar-refractivity contribution in [3.05, 3.63) is 70.7 Å². The van der Waals surface area contributed by atoms with Gasteiger partial charge in [-0.1, -0.05) is 28.9 Å². The molecule has 1 N–H and O–H groups in total. The molecule has 0 aliphatic rings. The molecule has 1 aromatic carbocycles. The van der Waals surface area contributed by atoms with Crippen LogP contribution in [0.15, 0.2) is 58.1 Å². The lowest BCUT2D eigenvalue weighted by atomic mass is 10.2. The van der Waals surface area contributed by atoms with E-state index in [4.69, 9.17) is 16.1 Å². The van der Waals surface area contributed by atoms with Gasteiger partial charge in [0.05, 0.1) is 22.0 Å². The largest absolute Gasteiger partial charge is 0.360 e. The molecule has 0 bridgehead atoms. The van der Waals surface area contributed by atoms with E-state index in [1.54, 1.807) is 18.2 Å². The highest BCUT2D eigenvalue weighted by molar-refractivity contribution is 7.98. The lowest BCUT2D eigenvalue weighted by molar-refractivity contribution is 0.102. The lowest BCUT2D eigenvalue weighted by Gasteiger charge is -2.09. The SMILES string of the molecule is Cc1cc(CSc2ccccc2C(=O)Nc2ccc(Cl)cn2)on1. The summed E-state index contributed by atoms with van der Waals surface area (Å²) in [5.41, 5.74) is 1.42. The molecule has 2 heterocycles. The predicted octanol–water partition coefficient (Wildman–Crippen LogP) is 4.58. The molecule has 3 rings (SSSR count). The van der Waals surface area contributed by atoms with Gasteiger partial charge in [0, 0.05) is 17.2 Å². The van der Waals surface area contributed by atoms with Crippen molar-refractivity contribution < 1.29 is 9.32 Å². The Morgan fingerprint density at radius 3 is 2.83 bits per heavy atom. The number of rotatable bonds is 5. The number of hydrogen-bond donors (Lipinski definition) is 1. The maximum absolute atomic E-state index is 12.5. The first-order chi connectivity index (χ1) is 11.6. The van der Waals surface area contributed by atoms with Gasteiger partial charge in [0.15, 0.2) is 0 Å². The van der Waals surface area contributed by atoms with Gasteiger partial charge in [-0.3, -0.25) is 4.79 Å². The zero-order valence-electron chi connectivity index (χ0n) is 12.8. The average molecular weight is 360 g/mol. The van der Waals surface area contributed by atoms with Crippen LogP contribution in [0, 0.1) is 6.92 Å². The van der Waals surface area contributed by atoms with Crippen molar-refractivity contribution in [3.63, 3.8) is 0 Å². The first-order valence-electron chi connectivity index (χ1n) is 7.19. The lowest BCUT2D eigenvalue weighted by Crippen LogP contribution is -2.13. The van der Waals surface area contributed by atoms with Gasteiger partial charge in [0.2, 0.25) is 0 Å². The van der Waals surface area contributed by atoms with Crippen LogP contribution in [0.5, 0.6) is 0 Å². The fraction of sp³-hybridized carbons (Fsp3) is 0.118. The van der Waals surface area contributed by atoms with E-state index >= 15 is 0 Å². The second kappa shape index (κ2) is 7.51. The molecule has 0 unspecified atom stereocenters. The number of hydrogen-bond acceptors (Lipinski definition) is 5. The van der Waals surface area contributed by atoms with Crippen LogP contribution in [0.1, 0.15) is 21.8 Å². The molecule has 0 saturated heterocycles. The first-order valence-corrected chi connectivity index (χ1v) is 8.55. The summed E-state index contributed by atoms with van der Waals surface area (Å²) in [5, 5.41) is 7.15. The van der Waals surface area contributed by atoms with Crippen molar-refractivity contribution in [2.75, 3.05) is 5.32 Å². The number of amides is 1. The highest BCUT2D eigenvalue weighted by Crippen LogP contribution is 2.27. The third-order valence-corrected chi connectivity index (χ3v) is 4.47. The number of halogens is 1. The predicted molar refractivity (Wildman–Crippen MR) is 94.4 cm³/mol. The van der Waals surface area contributed by atoms with E-state index < -0.39 is 0 Å². The Morgan fingerprint density at radius 2 is 2.12 bits per heavy atom. The first kappa shape index (κ1) is 16.5. The number of anilines is 1. The van der Waals surface area contributed by atoms with Crippen LogP contribution in [-0.2, 0) is 5.75 Å². The zero-order valence-corrected chi connectivity index (χ0v) is 14.4. The number of thioether (sulfide) groups is 1. The van der Waals surface area contributed by atoms with Gasteiger partial charge in [0.1, 0.15) is 11.6 Å². The van der Waals surface area contributed by atoms with Gasteiger partial charge < -0.3 is 9.84 Å². The van der Waals surface area contributed by atoms with Crippen molar-refractivity contribution in [3.8, 4) is 0 Å². The molecule has 7 heteroatoms. The van der Waals surface area contributed by atoms with Gasteiger partial charge in [0.25, 0.3) is 5.91 Å². The van der Waals surface area contributed by atoms with E-state index in [0.29, 0.717) is 22.2 Å². The second-order valence-electron chi connectivity index (χ2n) is 5.04. The van der Waals surface area contributed by atoms with Gasteiger partial charge in [-0.25, -0.2) is 4.98 Å². The molecule has 0 aliphatic heterocycles. The molecular formula is C17H14ClN3O2S. The summed E-state index contributed by atoms with van der Waals surface area (Å²) in [6.07, 6.45) is 1.49. The molecule has 0 aliphatic carbocycles. The third-order valence-electron chi connectivity index (χ3n) is 3.15. The Kier molecular flexibility index (Phi) is 5.17. The summed E-state index contributed by atoms with van der Waals surface area (Å²) in [7, 11) is 0. The maximum Gasteiger partial charge on any atom is 0.257 e. The van der Waals surface area contributed by atoms with Crippen LogP contribution in [-0.4, -0.2) is 16.0 Å². The van der Waals surface area contributed by atoms with E-state index in [2.05, 4.69) is 15.5 Å². The Labute approximate surface area is 148 Å². The van der Waals surface area contributed by atoms with Crippen molar-refractivity contribution in [2.24, 2.45) is 0 Å². The quantitative estimate of drug-likeness (QED) is 0.675. The highest BCUT2D eigenvalue weighted by atomic mass is 35.5. The fourth-order valence-electron chi connectivity index (χ4n) is 2.05. The van der Waals surface area contributed by atoms with E-state index in [0.717, 1.165) is 16.3 Å². The Bertz CT molecular complexity index is 849. The number of aromatic nitrogens is 2. The second-order valence-corrected chi connectivity index (χ2v) is 6.49. The normalized spacial score (nSPS) is 10.6. The molecule has 0 spiro atoms. The molecule has 122 valence electrons. The Morgan fingerprint density at radius 1 is 1.29 bits per heavy atom. The zero-order chi connectivity index (χ0) is 16.9. The monoisotopic (exact) mass is 359 g/mol. The van der Waals surface area contributed by atoms with Crippen LogP contribution >= 0.6 is 23.4 Å². The summed E-state index contributed by atoms with van der Waals surface area (Å²) in [6, 6.07) is 12.6. The Hall–Kier alpha value is -2.31. The molecule has 3 aromatic rings. The van der Waals surface area contributed by atoms with Crippen LogP contribution in [0.2, 0.25) is 5.02 Å². The van der Waals surface area contributed by atoms with Crippen molar-refractivity contribution in [1.82, 2.24) is 10.1 Å². The molecule has 0 atom stereocenters. The van der Waals surface area contributed by atoms with Crippen molar-refractivity contribution >= 4 is 35.1 Å².